The summed E-state index contributed by atoms with van der Waals surface area (Å²) in [6.45, 7) is 0. The standard InChI is InChI=1S/C21H18N6O3S/c28-20(15-6-7-15)24-21-23-19-5-1-4-18(27(19)25-21)14-8-10-16(11-9-14)26-31(29,30)17-3-2-12-22-13-17/h1-5,8-13,15,26H,6-7H2,(H,24,25,28). The van der Waals surface area contributed by atoms with Gasteiger partial charge in [0, 0.05) is 29.6 Å². The Balaban J connectivity index is 1.40. The van der Waals surface area contributed by atoms with Crippen molar-refractivity contribution in [2.45, 2.75) is 17.7 Å². The molecule has 0 spiro atoms. The second-order valence-corrected chi connectivity index (χ2v) is 8.93. The summed E-state index contributed by atoms with van der Waals surface area (Å²) >= 11 is 0. The fourth-order valence-electron chi connectivity index (χ4n) is 3.16. The number of hydrogen-bond donors (Lipinski definition) is 2. The third kappa shape index (κ3) is 3.97. The smallest absolute Gasteiger partial charge is 0.263 e. The molecular formula is C21H18N6O3S. The number of carbonyl (C=O) groups is 1. The summed E-state index contributed by atoms with van der Waals surface area (Å²) in [6, 6.07) is 15.5. The van der Waals surface area contributed by atoms with Crippen LogP contribution in [0.1, 0.15) is 12.8 Å². The van der Waals surface area contributed by atoms with Crippen molar-refractivity contribution in [2.75, 3.05) is 10.0 Å². The molecule has 0 aliphatic heterocycles. The Morgan fingerprint density at radius 1 is 1.03 bits per heavy atom. The quantitative estimate of drug-likeness (QED) is 0.482. The minimum Gasteiger partial charge on any atom is -0.293 e. The normalized spacial score (nSPS) is 13.8. The van der Waals surface area contributed by atoms with Crippen molar-refractivity contribution in [3.05, 3.63) is 67.0 Å². The molecule has 10 heteroatoms. The lowest BCUT2D eigenvalue weighted by Gasteiger charge is -2.09. The zero-order chi connectivity index (χ0) is 21.4. The highest BCUT2D eigenvalue weighted by atomic mass is 32.2. The lowest BCUT2D eigenvalue weighted by Crippen LogP contribution is -2.14. The van der Waals surface area contributed by atoms with E-state index in [9.17, 15) is 13.2 Å². The topological polar surface area (TPSA) is 118 Å². The van der Waals surface area contributed by atoms with Crippen LogP contribution in [-0.4, -0.2) is 33.9 Å². The Morgan fingerprint density at radius 2 is 1.84 bits per heavy atom. The molecule has 9 nitrogen and oxygen atoms in total. The maximum absolute atomic E-state index is 12.5. The van der Waals surface area contributed by atoms with Gasteiger partial charge in [0.25, 0.3) is 10.0 Å². The molecule has 0 bridgehead atoms. The predicted molar refractivity (Wildman–Crippen MR) is 115 cm³/mol. The molecule has 4 aromatic rings. The Morgan fingerprint density at radius 3 is 2.55 bits per heavy atom. The van der Waals surface area contributed by atoms with E-state index in [0.717, 1.165) is 24.1 Å². The average molecular weight is 434 g/mol. The van der Waals surface area contributed by atoms with E-state index >= 15 is 0 Å². The molecule has 0 unspecified atom stereocenters. The van der Waals surface area contributed by atoms with Gasteiger partial charge >= 0.3 is 0 Å². The molecule has 0 radical (unpaired) electrons. The summed E-state index contributed by atoms with van der Waals surface area (Å²) in [6.07, 6.45) is 4.62. The van der Waals surface area contributed by atoms with E-state index in [2.05, 4.69) is 25.1 Å². The summed E-state index contributed by atoms with van der Waals surface area (Å²) in [5.41, 5.74) is 2.61. The fourth-order valence-corrected chi connectivity index (χ4v) is 4.19. The molecule has 1 aliphatic rings. The average Bonchev–Trinajstić information content (AvgIpc) is 3.55. The van der Waals surface area contributed by atoms with Gasteiger partial charge in [-0.3, -0.25) is 19.8 Å². The van der Waals surface area contributed by atoms with Gasteiger partial charge in [-0.25, -0.2) is 12.9 Å². The summed E-state index contributed by atoms with van der Waals surface area (Å²) in [7, 11) is -3.72. The first-order chi connectivity index (χ1) is 15.0. The second kappa shape index (κ2) is 7.47. The van der Waals surface area contributed by atoms with Gasteiger partial charge in [0.2, 0.25) is 11.9 Å². The highest BCUT2D eigenvalue weighted by Gasteiger charge is 2.30. The first kappa shape index (κ1) is 19.2. The van der Waals surface area contributed by atoms with Gasteiger partial charge in [-0.2, -0.15) is 4.98 Å². The van der Waals surface area contributed by atoms with E-state index in [-0.39, 0.29) is 22.7 Å². The number of rotatable bonds is 6. The summed E-state index contributed by atoms with van der Waals surface area (Å²) < 4.78 is 29.1. The van der Waals surface area contributed by atoms with E-state index in [1.54, 1.807) is 40.9 Å². The molecule has 1 aromatic carbocycles. The summed E-state index contributed by atoms with van der Waals surface area (Å²) in [5, 5.41) is 7.17. The highest BCUT2D eigenvalue weighted by molar-refractivity contribution is 7.92. The van der Waals surface area contributed by atoms with Crippen molar-refractivity contribution < 1.29 is 13.2 Å². The van der Waals surface area contributed by atoms with E-state index in [1.807, 2.05) is 12.1 Å². The largest absolute Gasteiger partial charge is 0.293 e. The zero-order valence-corrected chi connectivity index (χ0v) is 17.1. The molecule has 31 heavy (non-hydrogen) atoms. The number of amides is 1. The molecule has 1 saturated carbocycles. The summed E-state index contributed by atoms with van der Waals surface area (Å²) in [5.74, 6) is 0.280. The Labute approximate surface area is 178 Å². The van der Waals surface area contributed by atoms with E-state index in [1.165, 1.54) is 18.5 Å². The first-order valence-corrected chi connectivity index (χ1v) is 11.2. The van der Waals surface area contributed by atoms with Gasteiger partial charge in [0.15, 0.2) is 5.65 Å². The lowest BCUT2D eigenvalue weighted by atomic mass is 10.1. The van der Waals surface area contributed by atoms with Gasteiger partial charge in [0.1, 0.15) is 4.90 Å². The minimum absolute atomic E-state index is 0.0530. The molecule has 5 rings (SSSR count). The van der Waals surface area contributed by atoms with Crippen molar-refractivity contribution in [3.8, 4) is 11.3 Å². The molecule has 1 aliphatic carbocycles. The second-order valence-electron chi connectivity index (χ2n) is 7.25. The van der Waals surface area contributed by atoms with Crippen LogP contribution in [-0.2, 0) is 14.8 Å². The van der Waals surface area contributed by atoms with Gasteiger partial charge in [0.05, 0.1) is 5.69 Å². The predicted octanol–water partition coefficient (Wildman–Crippen LogP) is 2.94. The monoisotopic (exact) mass is 434 g/mol. The fraction of sp³-hybridized carbons (Fsp3) is 0.143. The maximum Gasteiger partial charge on any atom is 0.263 e. The molecule has 0 atom stereocenters. The van der Waals surface area contributed by atoms with Gasteiger partial charge < -0.3 is 0 Å². The number of nitrogens with one attached hydrogen (secondary N) is 2. The third-order valence-corrected chi connectivity index (χ3v) is 6.29. The van der Waals surface area contributed by atoms with Crippen LogP contribution in [0.25, 0.3) is 16.9 Å². The van der Waals surface area contributed by atoms with Crippen LogP contribution in [0, 0.1) is 5.92 Å². The Bertz CT molecular complexity index is 1360. The third-order valence-electron chi connectivity index (χ3n) is 4.92. The van der Waals surface area contributed by atoms with Crippen molar-refractivity contribution in [1.82, 2.24) is 19.6 Å². The number of hydrogen-bond acceptors (Lipinski definition) is 6. The van der Waals surface area contributed by atoms with Crippen molar-refractivity contribution >= 4 is 33.2 Å². The van der Waals surface area contributed by atoms with E-state index < -0.39 is 10.0 Å². The summed E-state index contributed by atoms with van der Waals surface area (Å²) in [4.78, 5) is 20.3. The maximum atomic E-state index is 12.5. The highest BCUT2D eigenvalue weighted by Crippen LogP contribution is 2.30. The number of fused-ring (bicyclic) bond motifs is 1. The van der Waals surface area contributed by atoms with E-state index in [4.69, 9.17) is 0 Å². The number of nitrogens with zero attached hydrogens (tertiary/aromatic N) is 4. The SMILES string of the molecule is O=C(Nc1nc2cccc(-c3ccc(NS(=O)(=O)c4cccnc4)cc3)n2n1)C1CC1. The van der Waals surface area contributed by atoms with E-state index in [0.29, 0.717) is 11.3 Å². The van der Waals surface area contributed by atoms with Gasteiger partial charge in [-0.05, 0) is 49.2 Å². The van der Waals surface area contributed by atoms with Crippen LogP contribution in [0.3, 0.4) is 0 Å². The number of carbonyl (C=O) groups excluding carboxylic acids is 1. The zero-order valence-electron chi connectivity index (χ0n) is 16.3. The Hall–Kier alpha value is -3.79. The van der Waals surface area contributed by atoms with Crippen molar-refractivity contribution in [2.24, 2.45) is 5.92 Å². The van der Waals surface area contributed by atoms with Crippen LogP contribution < -0.4 is 10.0 Å². The van der Waals surface area contributed by atoms with Crippen molar-refractivity contribution in [3.63, 3.8) is 0 Å². The lowest BCUT2D eigenvalue weighted by molar-refractivity contribution is -0.117. The number of anilines is 2. The minimum atomic E-state index is -3.72. The number of benzene rings is 1. The number of pyridine rings is 2. The van der Waals surface area contributed by atoms with Crippen LogP contribution in [0.4, 0.5) is 11.6 Å². The van der Waals surface area contributed by atoms with Gasteiger partial charge in [-0.15, -0.1) is 5.10 Å². The molecule has 3 aromatic heterocycles. The van der Waals surface area contributed by atoms with Crippen molar-refractivity contribution in [1.29, 1.82) is 0 Å². The molecule has 156 valence electrons. The Kier molecular flexibility index (Phi) is 4.63. The molecule has 1 fully saturated rings. The van der Waals surface area contributed by atoms with Crippen LogP contribution >= 0.6 is 0 Å². The number of aromatic nitrogens is 4. The molecule has 1 amide bonds. The van der Waals surface area contributed by atoms with Crippen LogP contribution in [0.5, 0.6) is 0 Å². The molecule has 0 saturated heterocycles. The molecule has 3 heterocycles. The van der Waals surface area contributed by atoms with Crippen LogP contribution in [0.2, 0.25) is 0 Å². The molecule has 2 N–H and O–H groups in total. The van der Waals surface area contributed by atoms with Gasteiger partial charge in [-0.1, -0.05) is 18.2 Å². The molecular weight excluding hydrogens is 416 g/mol. The van der Waals surface area contributed by atoms with Crippen LogP contribution in [0.15, 0.2) is 71.9 Å². The first-order valence-electron chi connectivity index (χ1n) is 9.69. The number of sulfonamides is 1.